The molecule has 3 saturated carbocycles. The van der Waals surface area contributed by atoms with E-state index in [1.54, 1.807) is 5.57 Å². The van der Waals surface area contributed by atoms with Gasteiger partial charge in [0.1, 0.15) is 0 Å². The SMILES string of the molecule is COC(C)/C=C(\C)[C@@]12CCC[C@@]3(C)[C@@H]1CC[C@@]3(C)C2. The van der Waals surface area contributed by atoms with E-state index in [-0.39, 0.29) is 6.10 Å². The highest BCUT2D eigenvalue weighted by Crippen LogP contribution is 2.78. The fourth-order valence-corrected chi connectivity index (χ4v) is 6.19. The minimum absolute atomic E-state index is 0.259. The third-order valence-corrected chi connectivity index (χ3v) is 7.47. The van der Waals surface area contributed by atoms with E-state index in [0.717, 1.165) is 5.92 Å². The van der Waals surface area contributed by atoms with Crippen LogP contribution in [0.2, 0.25) is 0 Å². The molecule has 0 aromatic heterocycles. The van der Waals surface area contributed by atoms with Gasteiger partial charge in [-0.25, -0.2) is 0 Å². The van der Waals surface area contributed by atoms with E-state index in [0.29, 0.717) is 16.2 Å². The average molecular weight is 262 g/mol. The van der Waals surface area contributed by atoms with Crippen LogP contribution in [-0.2, 0) is 4.74 Å². The molecular weight excluding hydrogens is 232 g/mol. The lowest BCUT2D eigenvalue weighted by Gasteiger charge is -2.46. The molecular formula is C18H30O. The third-order valence-electron chi connectivity index (χ3n) is 7.47. The molecule has 108 valence electrons. The number of rotatable bonds is 3. The first kappa shape index (κ1) is 13.7. The predicted octanol–water partition coefficient (Wildman–Crippen LogP) is 4.96. The number of hydrogen-bond donors (Lipinski definition) is 0. The summed E-state index contributed by atoms with van der Waals surface area (Å²) in [7, 11) is 1.82. The zero-order valence-electron chi connectivity index (χ0n) is 13.4. The standard InChI is InChI=1S/C18H30O/c1-13(11-14(2)19-5)18-9-6-8-17(4)15(18)7-10-16(17,3)12-18/h11,14-15H,6-10,12H2,1-5H3/b13-11+/t14?,15-,16-,17-,18-/m0/s1. The molecule has 0 aromatic carbocycles. The summed E-state index contributed by atoms with van der Waals surface area (Å²) in [4.78, 5) is 0. The molecule has 0 heterocycles. The van der Waals surface area contributed by atoms with Crippen LogP contribution in [0, 0.1) is 22.2 Å². The van der Waals surface area contributed by atoms with E-state index in [4.69, 9.17) is 4.74 Å². The summed E-state index contributed by atoms with van der Waals surface area (Å²) in [5.41, 5.74) is 3.34. The van der Waals surface area contributed by atoms with Crippen LogP contribution in [0.5, 0.6) is 0 Å². The molecule has 3 fully saturated rings. The van der Waals surface area contributed by atoms with Crippen molar-refractivity contribution in [2.45, 2.75) is 72.3 Å². The largest absolute Gasteiger partial charge is 0.378 e. The first-order valence-electron chi connectivity index (χ1n) is 8.10. The van der Waals surface area contributed by atoms with Gasteiger partial charge in [-0.2, -0.15) is 0 Å². The quantitative estimate of drug-likeness (QED) is 0.653. The zero-order chi connectivity index (χ0) is 13.9. The second-order valence-corrected chi connectivity index (χ2v) is 8.05. The van der Waals surface area contributed by atoms with Crippen molar-refractivity contribution in [1.29, 1.82) is 0 Å². The molecule has 0 amide bonds. The van der Waals surface area contributed by atoms with E-state index in [1.165, 1.54) is 38.5 Å². The van der Waals surface area contributed by atoms with Gasteiger partial charge in [0.25, 0.3) is 0 Å². The van der Waals surface area contributed by atoms with Crippen molar-refractivity contribution in [3.05, 3.63) is 11.6 Å². The summed E-state index contributed by atoms with van der Waals surface area (Å²) in [5, 5.41) is 0. The van der Waals surface area contributed by atoms with Crippen LogP contribution in [0.25, 0.3) is 0 Å². The Hall–Kier alpha value is -0.300. The molecule has 1 heteroatoms. The Bertz CT molecular complexity index is 412. The third kappa shape index (κ3) is 1.57. The Labute approximate surface area is 118 Å². The van der Waals surface area contributed by atoms with E-state index >= 15 is 0 Å². The Balaban J connectivity index is 2.00. The molecule has 19 heavy (non-hydrogen) atoms. The van der Waals surface area contributed by atoms with Gasteiger partial charge in [-0.05, 0) is 68.1 Å². The summed E-state index contributed by atoms with van der Waals surface area (Å²) in [6, 6.07) is 0. The average Bonchev–Trinajstić information content (AvgIpc) is 2.67. The van der Waals surface area contributed by atoms with E-state index < -0.39 is 0 Å². The fraction of sp³-hybridized carbons (Fsp3) is 0.889. The van der Waals surface area contributed by atoms with Crippen LogP contribution in [0.1, 0.15) is 66.2 Å². The highest BCUT2D eigenvalue weighted by Gasteiger charge is 2.70. The summed E-state index contributed by atoms with van der Waals surface area (Å²) in [5.74, 6) is 0.930. The summed E-state index contributed by atoms with van der Waals surface area (Å²) in [6.07, 6.45) is 11.3. The summed E-state index contributed by atoms with van der Waals surface area (Å²) in [6.45, 7) is 9.72. The summed E-state index contributed by atoms with van der Waals surface area (Å²) >= 11 is 0. The van der Waals surface area contributed by atoms with Crippen LogP contribution >= 0.6 is 0 Å². The van der Waals surface area contributed by atoms with E-state index in [1.807, 2.05) is 7.11 Å². The molecule has 1 nitrogen and oxygen atoms in total. The van der Waals surface area contributed by atoms with Crippen LogP contribution in [0.3, 0.4) is 0 Å². The van der Waals surface area contributed by atoms with Crippen molar-refractivity contribution in [2.75, 3.05) is 7.11 Å². The van der Waals surface area contributed by atoms with Crippen molar-refractivity contribution in [1.82, 2.24) is 0 Å². The molecule has 3 rings (SSSR count). The minimum Gasteiger partial charge on any atom is -0.378 e. The maximum Gasteiger partial charge on any atom is 0.0726 e. The Morgan fingerprint density at radius 3 is 2.68 bits per heavy atom. The van der Waals surface area contributed by atoms with Crippen molar-refractivity contribution >= 4 is 0 Å². The van der Waals surface area contributed by atoms with Gasteiger partial charge in [-0.3, -0.25) is 0 Å². The second-order valence-electron chi connectivity index (χ2n) is 8.05. The Morgan fingerprint density at radius 2 is 2.00 bits per heavy atom. The lowest BCUT2D eigenvalue weighted by molar-refractivity contribution is 0.0710. The van der Waals surface area contributed by atoms with Gasteiger partial charge < -0.3 is 4.74 Å². The van der Waals surface area contributed by atoms with Gasteiger partial charge in [0.2, 0.25) is 0 Å². The predicted molar refractivity (Wildman–Crippen MR) is 80.1 cm³/mol. The first-order valence-corrected chi connectivity index (χ1v) is 8.10. The monoisotopic (exact) mass is 262 g/mol. The van der Waals surface area contributed by atoms with Crippen LogP contribution in [-0.4, -0.2) is 13.2 Å². The smallest absolute Gasteiger partial charge is 0.0726 e. The number of methoxy groups -OCH3 is 1. The maximum atomic E-state index is 5.47. The molecule has 0 N–H and O–H groups in total. The Kier molecular flexibility index (Phi) is 2.95. The van der Waals surface area contributed by atoms with Gasteiger partial charge in [0.05, 0.1) is 6.10 Å². The normalized spacial score (nSPS) is 50.6. The van der Waals surface area contributed by atoms with Gasteiger partial charge in [-0.15, -0.1) is 0 Å². The number of allylic oxidation sites excluding steroid dienone is 1. The molecule has 0 saturated heterocycles. The molecule has 0 aromatic rings. The molecule has 4 bridgehead atoms. The Morgan fingerprint density at radius 1 is 1.26 bits per heavy atom. The molecule has 0 spiro atoms. The molecule has 3 aliphatic carbocycles. The summed E-state index contributed by atoms with van der Waals surface area (Å²) < 4.78 is 5.47. The second kappa shape index (κ2) is 4.10. The number of ether oxygens (including phenoxy) is 1. The van der Waals surface area contributed by atoms with Gasteiger partial charge >= 0.3 is 0 Å². The van der Waals surface area contributed by atoms with Gasteiger partial charge in [0.15, 0.2) is 0 Å². The first-order chi connectivity index (χ1) is 8.88. The molecule has 1 unspecified atom stereocenters. The topological polar surface area (TPSA) is 9.23 Å². The highest BCUT2D eigenvalue weighted by molar-refractivity contribution is 5.29. The van der Waals surface area contributed by atoms with E-state index in [2.05, 4.69) is 33.8 Å². The van der Waals surface area contributed by atoms with E-state index in [9.17, 15) is 0 Å². The maximum absolute atomic E-state index is 5.47. The molecule has 0 radical (unpaired) electrons. The lowest BCUT2D eigenvalue weighted by atomic mass is 9.59. The molecule has 5 atom stereocenters. The van der Waals surface area contributed by atoms with Crippen LogP contribution < -0.4 is 0 Å². The zero-order valence-corrected chi connectivity index (χ0v) is 13.4. The van der Waals surface area contributed by atoms with Crippen LogP contribution in [0.4, 0.5) is 0 Å². The molecule has 0 aliphatic heterocycles. The molecule has 3 aliphatic rings. The fourth-order valence-electron chi connectivity index (χ4n) is 6.19. The highest BCUT2D eigenvalue weighted by atomic mass is 16.5. The van der Waals surface area contributed by atoms with Crippen molar-refractivity contribution in [2.24, 2.45) is 22.2 Å². The van der Waals surface area contributed by atoms with Crippen molar-refractivity contribution in [3.63, 3.8) is 0 Å². The minimum atomic E-state index is 0.259. The van der Waals surface area contributed by atoms with Crippen molar-refractivity contribution in [3.8, 4) is 0 Å². The van der Waals surface area contributed by atoms with Gasteiger partial charge in [0, 0.05) is 7.11 Å². The van der Waals surface area contributed by atoms with Crippen molar-refractivity contribution < 1.29 is 4.74 Å². The van der Waals surface area contributed by atoms with Crippen LogP contribution in [0.15, 0.2) is 11.6 Å². The number of hydrogen-bond acceptors (Lipinski definition) is 1. The lowest BCUT2D eigenvalue weighted by Crippen LogP contribution is -2.37. The van der Waals surface area contributed by atoms with Gasteiger partial charge in [-0.1, -0.05) is 31.9 Å².